The van der Waals surface area contributed by atoms with Gasteiger partial charge < -0.3 is 24.8 Å². The van der Waals surface area contributed by atoms with Gasteiger partial charge in [-0.25, -0.2) is 4.79 Å². The number of likely N-dealkylation sites (tertiary alicyclic amines) is 1. The van der Waals surface area contributed by atoms with Crippen molar-refractivity contribution >= 4 is 30.8 Å². The first-order valence-corrected chi connectivity index (χ1v) is 10.4. The lowest BCUT2D eigenvalue weighted by Crippen LogP contribution is -2.34. The molecular weight excluding hydrogens is 472 g/mol. The van der Waals surface area contributed by atoms with Crippen molar-refractivity contribution in [2.75, 3.05) is 39.4 Å². The maximum Gasteiger partial charge on any atom is 0.390 e. The molecule has 3 rings (SSSR count). The number of hydrogen-bond acceptors (Lipinski definition) is 5. The van der Waals surface area contributed by atoms with E-state index in [1.54, 1.807) is 6.92 Å². The molecule has 0 aromatic heterocycles. The molecule has 1 aromatic rings. The zero-order chi connectivity index (χ0) is 21.7. The summed E-state index contributed by atoms with van der Waals surface area (Å²) in [6, 6.07) is 7.66. The van der Waals surface area contributed by atoms with Crippen molar-refractivity contribution in [2.45, 2.75) is 38.1 Å². The number of nitrogens with zero attached hydrogens (tertiary/aromatic N) is 1. The summed E-state index contributed by atoms with van der Waals surface area (Å²) in [5, 5.41) is 12.6. The lowest BCUT2D eigenvalue weighted by molar-refractivity contribution is -0.150. The Hall–Kier alpha value is -1.26. The van der Waals surface area contributed by atoms with Crippen LogP contribution in [0.3, 0.4) is 0 Å². The van der Waals surface area contributed by atoms with Crippen molar-refractivity contribution in [2.24, 2.45) is 11.8 Å². The minimum Gasteiger partial charge on any atom is -0.492 e. The molecule has 2 N–H and O–H groups in total. The molecule has 1 heterocycles. The average Bonchev–Trinajstić information content (AvgIpc) is 3.13. The molecule has 1 aromatic carbocycles. The third-order valence-electron chi connectivity index (χ3n) is 5.72. The minimum atomic E-state index is -4.08. The number of alkyl halides is 3. The molecule has 11 heteroatoms. The Morgan fingerprint density at radius 1 is 1.22 bits per heavy atom. The fourth-order valence-electron chi connectivity index (χ4n) is 4.13. The third kappa shape index (κ3) is 8.59. The number of benzene rings is 1. The van der Waals surface area contributed by atoms with Crippen LogP contribution >= 0.6 is 24.8 Å². The van der Waals surface area contributed by atoms with Crippen LogP contribution in [0.25, 0.3) is 0 Å². The highest BCUT2D eigenvalue weighted by Gasteiger charge is 2.55. The number of ether oxygens (including phenoxy) is 2. The van der Waals surface area contributed by atoms with E-state index in [1.165, 1.54) is 0 Å². The van der Waals surface area contributed by atoms with Gasteiger partial charge in [-0.1, -0.05) is 12.1 Å². The number of aliphatic carboxylic acids is 1. The van der Waals surface area contributed by atoms with Gasteiger partial charge in [0.15, 0.2) is 6.10 Å². The number of fused-ring (bicyclic) bond motifs is 1. The van der Waals surface area contributed by atoms with E-state index in [4.69, 9.17) is 14.6 Å². The van der Waals surface area contributed by atoms with Crippen LogP contribution in [0.4, 0.5) is 13.2 Å². The number of nitrogens with one attached hydrogen (secondary N) is 1. The molecule has 6 nitrogen and oxygen atoms in total. The van der Waals surface area contributed by atoms with E-state index < -0.39 is 24.7 Å². The van der Waals surface area contributed by atoms with Crippen LogP contribution in [0.15, 0.2) is 24.3 Å². The largest absolute Gasteiger partial charge is 0.492 e. The highest BCUT2D eigenvalue weighted by Crippen LogP contribution is 2.45. The van der Waals surface area contributed by atoms with Crippen molar-refractivity contribution in [3.8, 4) is 5.75 Å². The predicted octanol–water partition coefficient (Wildman–Crippen LogP) is 3.41. The summed E-state index contributed by atoms with van der Waals surface area (Å²) in [4.78, 5) is 13.1. The predicted molar refractivity (Wildman–Crippen MR) is 119 cm³/mol. The lowest BCUT2D eigenvalue weighted by atomic mass is 10.1. The maximum absolute atomic E-state index is 12.3. The van der Waals surface area contributed by atoms with Crippen LogP contribution in [0.2, 0.25) is 0 Å². The van der Waals surface area contributed by atoms with Gasteiger partial charge in [-0.05, 0) is 36.5 Å². The molecule has 4 atom stereocenters. The SMILES string of the molecule is CCO[C@@H](Cc1ccc(OCCNC2[C@H]3CN(CCC(F)(F)F)C[C@@H]23)cc1)C(=O)O.Cl.Cl. The summed E-state index contributed by atoms with van der Waals surface area (Å²) < 4.78 is 47.8. The number of rotatable bonds is 12. The first kappa shape index (κ1) is 28.8. The zero-order valence-electron chi connectivity index (χ0n) is 17.8. The number of hydrogen-bond donors (Lipinski definition) is 2. The number of carboxylic acids is 1. The molecule has 0 spiro atoms. The standard InChI is InChI=1S/C21H29F3N2O4.2ClH/c1-2-29-18(20(27)28)11-14-3-5-15(6-4-14)30-10-8-25-19-16-12-26(13-17(16)19)9-7-21(22,23)24;;/h3-6,16-19,25H,2,7-13H2,1H3,(H,27,28);2*1H/t16-,17+,18-,19?;;/m0../s1. The quantitative estimate of drug-likeness (QED) is 0.426. The first-order valence-electron chi connectivity index (χ1n) is 10.4. The third-order valence-corrected chi connectivity index (χ3v) is 5.72. The van der Waals surface area contributed by atoms with Gasteiger partial charge >= 0.3 is 12.1 Å². The van der Waals surface area contributed by atoms with Gasteiger partial charge in [0.05, 0.1) is 6.42 Å². The maximum atomic E-state index is 12.3. The van der Waals surface area contributed by atoms with Crippen LogP contribution in [-0.2, 0) is 16.0 Å². The van der Waals surface area contributed by atoms with E-state index in [0.717, 1.165) is 18.7 Å². The average molecular weight is 503 g/mol. The van der Waals surface area contributed by atoms with Crippen LogP contribution in [-0.4, -0.2) is 73.7 Å². The van der Waals surface area contributed by atoms with Crippen molar-refractivity contribution in [3.63, 3.8) is 0 Å². The van der Waals surface area contributed by atoms with E-state index in [9.17, 15) is 18.0 Å². The van der Waals surface area contributed by atoms with Crippen LogP contribution in [0, 0.1) is 11.8 Å². The van der Waals surface area contributed by atoms with Gasteiger partial charge in [-0.15, -0.1) is 24.8 Å². The van der Waals surface area contributed by atoms with E-state index in [0.29, 0.717) is 49.8 Å². The van der Waals surface area contributed by atoms with E-state index in [1.807, 2.05) is 29.2 Å². The Morgan fingerprint density at radius 3 is 2.38 bits per heavy atom. The summed E-state index contributed by atoms with van der Waals surface area (Å²) in [6.07, 6.45) is -5.37. The summed E-state index contributed by atoms with van der Waals surface area (Å²) in [5.41, 5.74) is 0.863. The molecule has 1 aliphatic heterocycles. The van der Waals surface area contributed by atoms with E-state index >= 15 is 0 Å². The van der Waals surface area contributed by atoms with Crippen LogP contribution in [0.1, 0.15) is 18.9 Å². The zero-order valence-corrected chi connectivity index (χ0v) is 19.5. The first-order chi connectivity index (χ1) is 14.3. The molecule has 0 amide bonds. The number of carbonyl (C=O) groups is 1. The Kier molecular flexibility index (Phi) is 11.5. The molecule has 2 fully saturated rings. The molecule has 0 bridgehead atoms. The highest BCUT2D eigenvalue weighted by molar-refractivity contribution is 5.85. The Bertz CT molecular complexity index is 697. The van der Waals surface area contributed by atoms with E-state index in [2.05, 4.69) is 5.32 Å². The van der Waals surface area contributed by atoms with Gasteiger partial charge in [-0.3, -0.25) is 0 Å². The summed E-state index contributed by atoms with van der Waals surface area (Å²) in [6.45, 7) is 4.84. The molecule has 0 radical (unpaired) electrons. The molecular formula is C21H31Cl2F3N2O4. The van der Waals surface area contributed by atoms with Crippen molar-refractivity contribution in [3.05, 3.63) is 29.8 Å². The second-order valence-corrected chi connectivity index (χ2v) is 7.91. The molecule has 1 unspecified atom stereocenters. The van der Waals surface area contributed by atoms with Crippen LogP contribution < -0.4 is 10.1 Å². The molecule has 1 saturated heterocycles. The smallest absolute Gasteiger partial charge is 0.390 e. The minimum absolute atomic E-state index is 0. The summed E-state index contributed by atoms with van der Waals surface area (Å²) in [5.74, 6) is 0.629. The number of piperidine rings is 1. The molecule has 2 aliphatic rings. The molecule has 1 saturated carbocycles. The van der Waals surface area contributed by atoms with Gasteiger partial charge in [0, 0.05) is 45.2 Å². The lowest BCUT2D eigenvalue weighted by Gasteiger charge is -2.20. The van der Waals surface area contributed by atoms with Crippen molar-refractivity contribution in [1.82, 2.24) is 10.2 Å². The van der Waals surface area contributed by atoms with Gasteiger partial charge in [0.2, 0.25) is 0 Å². The normalized spacial score (nSPS) is 22.9. The topological polar surface area (TPSA) is 71.0 Å². The van der Waals surface area contributed by atoms with Gasteiger partial charge in [0.25, 0.3) is 0 Å². The van der Waals surface area contributed by atoms with Gasteiger partial charge in [-0.2, -0.15) is 13.2 Å². The molecule has 1 aliphatic carbocycles. The van der Waals surface area contributed by atoms with E-state index in [-0.39, 0.29) is 31.4 Å². The molecule has 184 valence electrons. The summed E-state index contributed by atoms with van der Waals surface area (Å²) >= 11 is 0. The second kappa shape index (κ2) is 12.8. The van der Waals surface area contributed by atoms with Crippen molar-refractivity contribution < 1.29 is 32.5 Å². The number of carboxylic acid groups (broad SMARTS) is 1. The Morgan fingerprint density at radius 2 is 1.84 bits per heavy atom. The Labute approximate surface area is 198 Å². The van der Waals surface area contributed by atoms with Crippen LogP contribution in [0.5, 0.6) is 5.75 Å². The summed E-state index contributed by atoms with van der Waals surface area (Å²) in [7, 11) is 0. The highest BCUT2D eigenvalue weighted by atomic mass is 35.5. The Balaban J connectivity index is 0.00000256. The second-order valence-electron chi connectivity index (χ2n) is 7.91. The fourth-order valence-corrected chi connectivity index (χ4v) is 4.13. The molecule has 32 heavy (non-hydrogen) atoms. The number of halogens is 5. The fraction of sp³-hybridized carbons (Fsp3) is 0.667. The monoisotopic (exact) mass is 502 g/mol. The van der Waals surface area contributed by atoms with Gasteiger partial charge in [0.1, 0.15) is 12.4 Å². The van der Waals surface area contributed by atoms with Crippen molar-refractivity contribution in [1.29, 1.82) is 0 Å².